The molecule has 1 atom stereocenters. The Hall–Kier alpha value is -0.900. The third kappa shape index (κ3) is 3.05. The number of thiophene rings is 1. The van der Waals surface area contributed by atoms with Crippen molar-refractivity contribution in [2.24, 2.45) is 0 Å². The summed E-state index contributed by atoms with van der Waals surface area (Å²) >= 11 is 7.60. The van der Waals surface area contributed by atoms with Crippen LogP contribution in [0.3, 0.4) is 0 Å². The molecular weight excluding hydrogens is 293 g/mol. The van der Waals surface area contributed by atoms with E-state index in [4.69, 9.17) is 11.6 Å². The van der Waals surface area contributed by atoms with Gasteiger partial charge < -0.3 is 5.32 Å². The van der Waals surface area contributed by atoms with Gasteiger partial charge in [0.15, 0.2) is 0 Å². The van der Waals surface area contributed by atoms with Crippen LogP contribution in [-0.4, -0.2) is 6.04 Å². The molecule has 1 nitrogen and oxygen atoms in total. The number of hydrogen-bond acceptors (Lipinski definition) is 2. The van der Waals surface area contributed by atoms with E-state index < -0.39 is 0 Å². The summed E-state index contributed by atoms with van der Waals surface area (Å²) < 4.78 is 13.7. The summed E-state index contributed by atoms with van der Waals surface area (Å²) in [7, 11) is 0. The van der Waals surface area contributed by atoms with Crippen LogP contribution in [0.15, 0.2) is 36.4 Å². The molecule has 1 aliphatic carbocycles. The van der Waals surface area contributed by atoms with E-state index in [0.29, 0.717) is 18.0 Å². The minimum Gasteiger partial charge on any atom is -0.307 e. The van der Waals surface area contributed by atoms with E-state index in [-0.39, 0.29) is 5.82 Å². The zero-order valence-electron chi connectivity index (χ0n) is 11.3. The van der Waals surface area contributed by atoms with Crippen LogP contribution in [0.1, 0.15) is 42.2 Å². The molecule has 1 aromatic heterocycles. The highest BCUT2D eigenvalue weighted by molar-refractivity contribution is 7.16. The molecule has 1 heterocycles. The second-order valence-electron chi connectivity index (χ2n) is 5.45. The van der Waals surface area contributed by atoms with Gasteiger partial charge in [0, 0.05) is 17.0 Å². The molecule has 1 N–H and O–H groups in total. The van der Waals surface area contributed by atoms with E-state index in [1.54, 1.807) is 23.5 Å². The van der Waals surface area contributed by atoms with Gasteiger partial charge in [0.1, 0.15) is 5.82 Å². The van der Waals surface area contributed by atoms with Gasteiger partial charge >= 0.3 is 0 Å². The number of hydrogen-bond donors (Lipinski definition) is 1. The predicted molar refractivity (Wildman–Crippen MR) is 83.0 cm³/mol. The Balaban J connectivity index is 1.52. The first-order valence-corrected chi connectivity index (χ1v) is 8.08. The lowest BCUT2D eigenvalue weighted by molar-refractivity contribution is 0.272. The molecule has 0 aliphatic heterocycles. The molecule has 0 spiro atoms. The SMILES string of the molecule is CC(NC1CC(c2ccc(F)cc2)C1)c1ccc(Cl)s1. The molecule has 0 saturated heterocycles. The Morgan fingerprint density at radius 2 is 1.90 bits per heavy atom. The normalized spacial score (nSPS) is 23.4. The van der Waals surface area contributed by atoms with Gasteiger partial charge in [-0.05, 0) is 55.5 Å². The van der Waals surface area contributed by atoms with Gasteiger partial charge in [0.25, 0.3) is 0 Å². The van der Waals surface area contributed by atoms with Crippen LogP contribution in [0.5, 0.6) is 0 Å². The van der Waals surface area contributed by atoms with Crippen molar-refractivity contribution in [1.82, 2.24) is 5.32 Å². The van der Waals surface area contributed by atoms with Crippen molar-refractivity contribution in [3.63, 3.8) is 0 Å². The molecule has 0 bridgehead atoms. The first-order valence-electron chi connectivity index (χ1n) is 6.88. The maximum absolute atomic E-state index is 12.9. The molecule has 1 saturated carbocycles. The summed E-state index contributed by atoms with van der Waals surface area (Å²) in [6.45, 7) is 2.17. The Labute approximate surface area is 127 Å². The van der Waals surface area contributed by atoms with Crippen LogP contribution in [0.4, 0.5) is 4.39 Å². The van der Waals surface area contributed by atoms with E-state index in [1.165, 1.54) is 10.4 Å². The maximum atomic E-state index is 12.9. The van der Waals surface area contributed by atoms with Gasteiger partial charge in [0.05, 0.1) is 4.34 Å². The van der Waals surface area contributed by atoms with Gasteiger partial charge in [0.2, 0.25) is 0 Å². The molecule has 0 radical (unpaired) electrons. The van der Waals surface area contributed by atoms with Gasteiger partial charge in [-0.25, -0.2) is 4.39 Å². The van der Waals surface area contributed by atoms with Crippen LogP contribution in [0, 0.1) is 5.82 Å². The summed E-state index contributed by atoms with van der Waals surface area (Å²) in [6.07, 6.45) is 2.24. The molecule has 4 heteroatoms. The van der Waals surface area contributed by atoms with Crippen molar-refractivity contribution >= 4 is 22.9 Å². The highest BCUT2D eigenvalue weighted by atomic mass is 35.5. The van der Waals surface area contributed by atoms with Crippen molar-refractivity contribution in [3.05, 3.63) is 57.0 Å². The lowest BCUT2D eigenvalue weighted by Crippen LogP contribution is -2.41. The Bertz CT molecular complexity index is 574. The van der Waals surface area contributed by atoms with Crippen LogP contribution in [0.2, 0.25) is 4.34 Å². The largest absolute Gasteiger partial charge is 0.307 e. The third-order valence-electron chi connectivity index (χ3n) is 3.99. The van der Waals surface area contributed by atoms with E-state index in [2.05, 4.69) is 18.3 Å². The molecule has 0 amide bonds. The standard InChI is InChI=1S/C16H17ClFNS/c1-10(15-6-7-16(17)20-15)19-14-8-12(9-14)11-2-4-13(18)5-3-11/h2-7,10,12,14,19H,8-9H2,1H3. The van der Waals surface area contributed by atoms with Crippen LogP contribution in [-0.2, 0) is 0 Å². The fourth-order valence-corrected chi connectivity index (χ4v) is 3.83. The Kier molecular flexibility index (Phi) is 4.11. The Morgan fingerprint density at radius 1 is 1.20 bits per heavy atom. The van der Waals surface area contributed by atoms with Gasteiger partial charge in [-0.15, -0.1) is 11.3 Å². The lowest BCUT2D eigenvalue weighted by atomic mass is 9.75. The molecular formula is C16H17ClFNS. The van der Waals surface area contributed by atoms with Crippen molar-refractivity contribution in [3.8, 4) is 0 Å². The quantitative estimate of drug-likeness (QED) is 0.825. The van der Waals surface area contributed by atoms with Crippen LogP contribution < -0.4 is 5.32 Å². The number of rotatable bonds is 4. The zero-order chi connectivity index (χ0) is 14.1. The lowest BCUT2D eigenvalue weighted by Gasteiger charge is -2.38. The summed E-state index contributed by atoms with van der Waals surface area (Å²) in [4.78, 5) is 1.28. The van der Waals surface area contributed by atoms with Gasteiger partial charge in [-0.2, -0.15) is 0 Å². The number of nitrogens with one attached hydrogen (secondary N) is 1. The molecule has 1 fully saturated rings. The highest BCUT2D eigenvalue weighted by Crippen LogP contribution is 2.38. The molecule has 1 aromatic carbocycles. The fraction of sp³-hybridized carbons (Fsp3) is 0.375. The summed E-state index contributed by atoms with van der Waals surface area (Å²) in [5.41, 5.74) is 1.25. The maximum Gasteiger partial charge on any atom is 0.123 e. The molecule has 20 heavy (non-hydrogen) atoms. The minimum absolute atomic E-state index is 0.161. The summed E-state index contributed by atoms with van der Waals surface area (Å²) in [6, 6.07) is 11.8. The van der Waals surface area contributed by atoms with Crippen LogP contribution >= 0.6 is 22.9 Å². The zero-order valence-corrected chi connectivity index (χ0v) is 12.8. The molecule has 106 valence electrons. The smallest absolute Gasteiger partial charge is 0.123 e. The van der Waals surface area contributed by atoms with Gasteiger partial charge in [-0.1, -0.05) is 23.7 Å². The molecule has 3 rings (SSSR count). The van der Waals surface area contributed by atoms with Crippen LogP contribution in [0.25, 0.3) is 0 Å². The summed E-state index contributed by atoms with van der Waals surface area (Å²) in [5.74, 6) is 0.401. The topological polar surface area (TPSA) is 12.0 Å². The molecule has 1 aliphatic rings. The highest BCUT2D eigenvalue weighted by Gasteiger charge is 2.31. The average molecular weight is 310 g/mol. The van der Waals surface area contributed by atoms with Crippen molar-refractivity contribution in [2.75, 3.05) is 0 Å². The minimum atomic E-state index is -0.161. The van der Waals surface area contributed by atoms with E-state index in [1.807, 2.05) is 18.2 Å². The molecule has 1 unspecified atom stereocenters. The van der Waals surface area contributed by atoms with E-state index in [9.17, 15) is 4.39 Å². The van der Waals surface area contributed by atoms with E-state index >= 15 is 0 Å². The van der Waals surface area contributed by atoms with Crippen molar-refractivity contribution < 1.29 is 4.39 Å². The predicted octanol–water partition coefficient (Wildman–Crippen LogP) is 5.14. The third-order valence-corrected chi connectivity index (χ3v) is 5.40. The van der Waals surface area contributed by atoms with Gasteiger partial charge in [-0.3, -0.25) is 0 Å². The monoisotopic (exact) mass is 309 g/mol. The average Bonchev–Trinajstić information content (AvgIpc) is 2.81. The van der Waals surface area contributed by atoms with Crippen molar-refractivity contribution in [1.29, 1.82) is 0 Å². The second kappa shape index (κ2) is 5.84. The first kappa shape index (κ1) is 14.1. The second-order valence-corrected chi connectivity index (χ2v) is 7.19. The number of benzene rings is 1. The number of halogens is 2. The first-order chi connectivity index (χ1) is 9.61. The summed E-state index contributed by atoms with van der Waals surface area (Å²) in [5, 5.41) is 3.63. The Morgan fingerprint density at radius 3 is 2.50 bits per heavy atom. The van der Waals surface area contributed by atoms with Crippen molar-refractivity contribution in [2.45, 2.75) is 37.8 Å². The van der Waals surface area contributed by atoms with E-state index in [0.717, 1.165) is 17.2 Å². The molecule has 2 aromatic rings. The fourth-order valence-electron chi connectivity index (χ4n) is 2.76.